The lowest BCUT2D eigenvalue weighted by atomic mass is 9.95. The highest BCUT2D eigenvalue weighted by Gasteiger charge is 2.08. The molecule has 0 spiro atoms. The monoisotopic (exact) mass is 247 g/mol. The molecule has 1 heteroatoms. The summed E-state index contributed by atoms with van der Waals surface area (Å²) in [4.78, 5) is 0. The van der Waals surface area contributed by atoms with Gasteiger partial charge in [-0.1, -0.05) is 60.7 Å². The first kappa shape index (κ1) is 13.1. The fourth-order valence-electron chi connectivity index (χ4n) is 2.13. The second-order valence-corrected chi connectivity index (χ2v) is 4.61. The van der Waals surface area contributed by atoms with E-state index in [1.807, 2.05) is 6.07 Å². The molecule has 1 unspecified atom stereocenters. The highest BCUT2D eigenvalue weighted by Crippen LogP contribution is 2.20. The van der Waals surface area contributed by atoms with Crippen molar-refractivity contribution in [3.63, 3.8) is 0 Å². The fourth-order valence-corrected chi connectivity index (χ4v) is 2.13. The van der Waals surface area contributed by atoms with E-state index in [1.165, 1.54) is 11.1 Å². The Labute approximate surface area is 114 Å². The van der Waals surface area contributed by atoms with E-state index in [9.17, 15) is 0 Å². The number of rotatable bonds is 5. The number of nitriles is 1. The molecule has 0 fully saturated rings. The van der Waals surface area contributed by atoms with Crippen LogP contribution in [0, 0.1) is 11.3 Å². The third-order valence-corrected chi connectivity index (χ3v) is 3.19. The zero-order valence-electron chi connectivity index (χ0n) is 10.9. The van der Waals surface area contributed by atoms with Crippen molar-refractivity contribution >= 4 is 0 Å². The van der Waals surface area contributed by atoms with Crippen molar-refractivity contribution in [1.29, 1.82) is 5.26 Å². The Morgan fingerprint density at radius 2 is 1.63 bits per heavy atom. The lowest BCUT2D eigenvalue weighted by Crippen LogP contribution is -1.95. The largest absolute Gasteiger partial charge is 0.198 e. The quantitative estimate of drug-likeness (QED) is 0.715. The molecule has 94 valence electrons. The molecule has 2 rings (SSSR count). The van der Waals surface area contributed by atoms with Crippen molar-refractivity contribution in [2.45, 2.75) is 18.8 Å². The Kier molecular flexibility index (Phi) is 4.53. The van der Waals surface area contributed by atoms with Gasteiger partial charge in [0.05, 0.1) is 12.0 Å². The van der Waals surface area contributed by atoms with E-state index >= 15 is 0 Å². The van der Waals surface area contributed by atoms with Gasteiger partial charge in [-0.2, -0.15) is 5.26 Å². The average Bonchev–Trinajstić information content (AvgIpc) is 2.47. The summed E-state index contributed by atoms with van der Waals surface area (Å²) in [5.74, 6) is -0.0803. The molecule has 19 heavy (non-hydrogen) atoms. The molecule has 0 N–H and O–H groups in total. The van der Waals surface area contributed by atoms with Gasteiger partial charge >= 0.3 is 0 Å². The third-order valence-electron chi connectivity index (χ3n) is 3.19. The predicted molar refractivity (Wildman–Crippen MR) is 78.9 cm³/mol. The Hall–Kier alpha value is -2.33. The first-order valence-corrected chi connectivity index (χ1v) is 6.46. The van der Waals surface area contributed by atoms with Crippen LogP contribution in [-0.2, 0) is 6.42 Å². The summed E-state index contributed by atoms with van der Waals surface area (Å²) in [5, 5.41) is 9.12. The van der Waals surface area contributed by atoms with Gasteiger partial charge in [0.2, 0.25) is 0 Å². The molecule has 0 saturated heterocycles. The van der Waals surface area contributed by atoms with Crippen LogP contribution in [0.25, 0.3) is 0 Å². The van der Waals surface area contributed by atoms with Crippen LogP contribution in [0.1, 0.15) is 29.0 Å². The highest BCUT2D eigenvalue weighted by molar-refractivity contribution is 5.32. The van der Waals surface area contributed by atoms with E-state index in [0.717, 1.165) is 12.0 Å². The Bertz CT molecular complexity index is 561. The summed E-state index contributed by atoms with van der Waals surface area (Å²) in [6.45, 7) is 3.70. The molecule has 1 atom stereocenters. The van der Waals surface area contributed by atoms with Crippen LogP contribution >= 0.6 is 0 Å². The van der Waals surface area contributed by atoms with Crippen molar-refractivity contribution in [1.82, 2.24) is 0 Å². The van der Waals surface area contributed by atoms with Crippen LogP contribution in [0.2, 0.25) is 0 Å². The number of allylic oxidation sites excluding steroid dienone is 1. The van der Waals surface area contributed by atoms with E-state index in [1.54, 1.807) is 6.08 Å². The topological polar surface area (TPSA) is 23.8 Å². The van der Waals surface area contributed by atoms with E-state index in [4.69, 9.17) is 5.26 Å². The fraction of sp³-hybridized carbons (Fsp3) is 0.167. The van der Waals surface area contributed by atoms with Crippen LogP contribution in [0.3, 0.4) is 0 Å². The van der Waals surface area contributed by atoms with E-state index < -0.39 is 0 Å². The number of hydrogen-bond acceptors (Lipinski definition) is 1. The maximum atomic E-state index is 9.12. The van der Waals surface area contributed by atoms with Gasteiger partial charge in [0, 0.05) is 0 Å². The maximum absolute atomic E-state index is 9.12. The molecule has 0 amide bonds. The maximum Gasteiger partial charge on any atom is 0.0747 e. The summed E-state index contributed by atoms with van der Waals surface area (Å²) in [5.41, 5.74) is 3.64. The summed E-state index contributed by atoms with van der Waals surface area (Å²) < 4.78 is 0. The molecule has 2 aromatic rings. The summed E-state index contributed by atoms with van der Waals surface area (Å²) in [7, 11) is 0. The van der Waals surface area contributed by atoms with Crippen LogP contribution in [0.5, 0.6) is 0 Å². The average molecular weight is 247 g/mol. The first-order chi connectivity index (χ1) is 9.33. The molecule has 1 nitrogen and oxygen atoms in total. The zero-order chi connectivity index (χ0) is 13.5. The van der Waals surface area contributed by atoms with E-state index in [2.05, 4.69) is 61.2 Å². The van der Waals surface area contributed by atoms with Gasteiger partial charge in [-0.3, -0.25) is 0 Å². The molecule has 0 bridgehead atoms. The van der Waals surface area contributed by atoms with Crippen LogP contribution in [0.4, 0.5) is 0 Å². The summed E-state index contributed by atoms with van der Waals surface area (Å²) in [6.07, 6.45) is 3.43. The minimum Gasteiger partial charge on any atom is -0.198 e. The van der Waals surface area contributed by atoms with Gasteiger partial charge in [-0.25, -0.2) is 0 Å². The number of benzene rings is 2. The van der Waals surface area contributed by atoms with Crippen molar-refractivity contribution < 1.29 is 0 Å². The molecule has 0 aromatic heterocycles. The molecule has 0 aliphatic rings. The standard InChI is InChI=1S/C18H17N/c1-2-6-18(14-19)17-11-9-16(10-12-17)13-15-7-4-3-5-8-15/h2-5,7-12,18H,1,6,13H2. The molecular weight excluding hydrogens is 230 g/mol. The SMILES string of the molecule is C=CCC(C#N)c1ccc(Cc2ccccc2)cc1. The normalized spacial score (nSPS) is 11.5. The molecular formula is C18H17N. The molecule has 0 heterocycles. The first-order valence-electron chi connectivity index (χ1n) is 6.46. The van der Waals surface area contributed by atoms with Gasteiger partial charge in [0.25, 0.3) is 0 Å². The number of hydrogen-bond donors (Lipinski definition) is 0. The third kappa shape index (κ3) is 3.56. The summed E-state index contributed by atoms with van der Waals surface area (Å²) in [6, 6.07) is 21.0. The molecule has 0 saturated carbocycles. The highest BCUT2D eigenvalue weighted by atomic mass is 14.3. The van der Waals surface area contributed by atoms with Gasteiger partial charge in [0.15, 0.2) is 0 Å². The van der Waals surface area contributed by atoms with Gasteiger partial charge in [0.1, 0.15) is 0 Å². The molecule has 2 aromatic carbocycles. The minimum absolute atomic E-state index is 0.0803. The van der Waals surface area contributed by atoms with Crippen LogP contribution in [0.15, 0.2) is 67.3 Å². The second kappa shape index (κ2) is 6.56. The van der Waals surface area contributed by atoms with E-state index in [0.29, 0.717) is 6.42 Å². The predicted octanol–water partition coefficient (Wildman–Crippen LogP) is 4.46. The lowest BCUT2D eigenvalue weighted by molar-refractivity contribution is 0.878. The van der Waals surface area contributed by atoms with Crippen LogP contribution in [-0.4, -0.2) is 0 Å². The van der Waals surface area contributed by atoms with Crippen molar-refractivity contribution in [3.8, 4) is 6.07 Å². The lowest BCUT2D eigenvalue weighted by Gasteiger charge is -2.08. The summed E-state index contributed by atoms with van der Waals surface area (Å²) >= 11 is 0. The molecule has 0 aliphatic carbocycles. The molecule has 0 radical (unpaired) electrons. The minimum atomic E-state index is -0.0803. The van der Waals surface area contributed by atoms with Gasteiger partial charge in [-0.15, -0.1) is 6.58 Å². The van der Waals surface area contributed by atoms with Gasteiger partial charge in [-0.05, 0) is 29.5 Å². The molecule has 0 aliphatic heterocycles. The Morgan fingerprint density at radius 1 is 1.00 bits per heavy atom. The Balaban J connectivity index is 2.10. The second-order valence-electron chi connectivity index (χ2n) is 4.61. The zero-order valence-corrected chi connectivity index (χ0v) is 10.9. The smallest absolute Gasteiger partial charge is 0.0747 e. The number of nitrogens with zero attached hydrogens (tertiary/aromatic N) is 1. The van der Waals surface area contributed by atoms with Crippen LogP contribution < -0.4 is 0 Å². The van der Waals surface area contributed by atoms with Crippen molar-refractivity contribution in [3.05, 3.63) is 83.9 Å². The van der Waals surface area contributed by atoms with Crippen molar-refractivity contribution in [2.75, 3.05) is 0 Å². The van der Waals surface area contributed by atoms with E-state index in [-0.39, 0.29) is 5.92 Å². The Morgan fingerprint density at radius 3 is 2.21 bits per heavy atom. The van der Waals surface area contributed by atoms with Crippen molar-refractivity contribution in [2.24, 2.45) is 0 Å². The van der Waals surface area contributed by atoms with Gasteiger partial charge < -0.3 is 0 Å².